The van der Waals surface area contributed by atoms with Crippen LogP contribution in [-0.4, -0.2) is 15.7 Å². The molecule has 0 amide bonds. The van der Waals surface area contributed by atoms with Crippen LogP contribution in [0.2, 0.25) is 0 Å². The van der Waals surface area contributed by atoms with Crippen LogP contribution >= 0.6 is 0 Å². The average molecular weight is 400 g/mol. The molecule has 3 nitrogen and oxygen atoms in total. The molecule has 0 aliphatic carbocycles. The zero-order valence-electron chi connectivity index (χ0n) is 14.5. The average Bonchev–Trinajstić information content (AvgIpc) is 2.60. The summed E-state index contributed by atoms with van der Waals surface area (Å²) in [7, 11) is 0. The summed E-state index contributed by atoms with van der Waals surface area (Å²) in [4.78, 5) is 16.3. The molecule has 3 aromatic rings. The number of rotatable bonds is 3. The molecule has 0 N–H and O–H groups in total. The van der Waals surface area contributed by atoms with E-state index in [1.165, 1.54) is 12.1 Å². The fraction of sp³-hybridized carbons (Fsp3) is 0.263. The van der Waals surface area contributed by atoms with Crippen LogP contribution in [0.5, 0.6) is 0 Å². The van der Waals surface area contributed by atoms with Gasteiger partial charge in [0, 0.05) is 11.8 Å². The van der Waals surface area contributed by atoms with E-state index in [-0.39, 0.29) is 22.3 Å². The summed E-state index contributed by atoms with van der Waals surface area (Å²) in [5.41, 5.74) is -2.02. The number of benzene rings is 2. The first-order chi connectivity index (χ1) is 13.0. The van der Waals surface area contributed by atoms with E-state index in [0.29, 0.717) is 0 Å². The zero-order valence-corrected chi connectivity index (χ0v) is 14.5. The highest BCUT2D eigenvalue weighted by molar-refractivity contribution is 5.83. The normalized spacial score (nSPS) is 13.7. The van der Waals surface area contributed by atoms with E-state index >= 15 is 0 Å². The van der Waals surface area contributed by atoms with Crippen molar-refractivity contribution in [3.8, 4) is 5.69 Å². The largest absolute Gasteiger partial charge is 0.416 e. The van der Waals surface area contributed by atoms with E-state index in [4.69, 9.17) is 0 Å². The Kier molecular flexibility index (Phi) is 4.95. The molecular weight excluding hydrogens is 386 g/mol. The highest BCUT2D eigenvalue weighted by Crippen LogP contribution is 2.34. The van der Waals surface area contributed by atoms with Crippen molar-refractivity contribution < 1.29 is 26.3 Å². The van der Waals surface area contributed by atoms with Crippen LogP contribution in [0.15, 0.2) is 53.3 Å². The number of halogens is 6. The molecule has 1 heterocycles. The number of nitrogens with zero attached hydrogens (tertiary/aromatic N) is 2. The second-order valence-electron chi connectivity index (χ2n) is 6.39. The smallest absolute Gasteiger partial charge is 0.260 e. The third kappa shape index (κ3) is 3.88. The molecule has 3 rings (SSSR count). The fourth-order valence-electron chi connectivity index (χ4n) is 2.85. The van der Waals surface area contributed by atoms with E-state index < -0.39 is 35.9 Å². The minimum absolute atomic E-state index is 0.0625. The molecule has 2 aromatic carbocycles. The molecule has 0 unspecified atom stereocenters. The Morgan fingerprint density at radius 3 is 2.21 bits per heavy atom. The second kappa shape index (κ2) is 6.96. The van der Waals surface area contributed by atoms with Crippen LogP contribution < -0.4 is 5.69 Å². The van der Waals surface area contributed by atoms with Gasteiger partial charge in [-0.25, -0.2) is 4.79 Å². The lowest BCUT2D eigenvalue weighted by atomic mass is 10.0. The van der Waals surface area contributed by atoms with Gasteiger partial charge in [-0.3, -0.25) is 4.57 Å². The van der Waals surface area contributed by atoms with E-state index in [2.05, 4.69) is 4.98 Å². The van der Waals surface area contributed by atoms with Crippen molar-refractivity contribution >= 4 is 10.9 Å². The number of fused-ring (bicyclic) bond motifs is 1. The molecule has 148 valence electrons. The lowest BCUT2D eigenvalue weighted by Crippen LogP contribution is -2.27. The maximum atomic E-state index is 13.2. The van der Waals surface area contributed by atoms with E-state index in [0.717, 1.165) is 29.7 Å². The maximum absolute atomic E-state index is 13.2. The monoisotopic (exact) mass is 400 g/mol. The zero-order chi connectivity index (χ0) is 20.7. The Morgan fingerprint density at radius 1 is 1.00 bits per heavy atom. The topological polar surface area (TPSA) is 34.9 Å². The molecular formula is C19H14F6N2O. The molecule has 0 aliphatic heterocycles. The van der Waals surface area contributed by atoms with Gasteiger partial charge in [-0.15, -0.1) is 0 Å². The van der Waals surface area contributed by atoms with Crippen LogP contribution in [0.1, 0.15) is 18.2 Å². The molecule has 1 aromatic heterocycles. The Bertz CT molecular complexity index is 1050. The summed E-state index contributed by atoms with van der Waals surface area (Å²) in [6.07, 6.45) is -9.81. The van der Waals surface area contributed by atoms with Crippen molar-refractivity contribution in [3.63, 3.8) is 0 Å². The van der Waals surface area contributed by atoms with Gasteiger partial charge in [-0.1, -0.05) is 31.2 Å². The predicted molar refractivity (Wildman–Crippen MR) is 91.3 cm³/mol. The van der Waals surface area contributed by atoms with Gasteiger partial charge in [0.05, 0.1) is 28.4 Å². The molecule has 0 saturated heterocycles. The Balaban J connectivity index is 2.30. The summed E-state index contributed by atoms with van der Waals surface area (Å²) >= 11 is 0. The van der Waals surface area contributed by atoms with E-state index in [1.807, 2.05) is 0 Å². The number of hydrogen-bond donors (Lipinski definition) is 0. The van der Waals surface area contributed by atoms with E-state index in [1.54, 1.807) is 18.2 Å². The van der Waals surface area contributed by atoms with Gasteiger partial charge in [0.25, 0.3) is 0 Å². The van der Waals surface area contributed by atoms with Gasteiger partial charge in [0.15, 0.2) is 0 Å². The van der Waals surface area contributed by atoms with Crippen molar-refractivity contribution in [2.75, 3.05) is 0 Å². The standard InChI is InChI=1S/C19H14F6N2O/c1-11(18(20,21)22)9-15-14-8-7-12(19(23,24)25)10-16(14)27(17(28)26-15)13-5-3-2-4-6-13/h2-8,10-11H,9H2,1H3/t11-/m1/s1. The Morgan fingerprint density at radius 2 is 1.64 bits per heavy atom. The van der Waals surface area contributed by atoms with Crippen LogP contribution in [0.4, 0.5) is 26.3 Å². The van der Waals surface area contributed by atoms with Crippen LogP contribution in [0, 0.1) is 5.92 Å². The van der Waals surface area contributed by atoms with Crippen molar-refractivity contribution in [3.05, 3.63) is 70.3 Å². The number of para-hydroxylation sites is 1. The third-order valence-corrected chi connectivity index (χ3v) is 4.37. The molecule has 0 radical (unpaired) electrons. The summed E-state index contributed by atoms with van der Waals surface area (Å²) in [5.74, 6) is -1.81. The molecule has 28 heavy (non-hydrogen) atoms. The molecule has 9 heteroatoms. The Labute approximate surface area is 155 Å². The van der Waals surface area contributed by atoms with Crippen molar-refractivity contribution in [2.45, 2.75) is 25.7 Å². The third-order valence-electron chi connectivity index (χ3n) is 4.37. The molecule has 1 atom stereocenters. The van der Waals surface area contributed by atoms with Crippen LogP contribution in [0.3, 0.4) is 0 Å². The fourth-order valence-corrected chi connectivity index (χ4v) is 2.85. The molecule has 0 fully saturated rings. The predicted octanol–water partition coefficient (Wildman–Crippen LogP) is 5.15. The maximum Gasteiger partial charge on any atom is 0.416 e. The Hall–Kier alpha value is -2.84. The first kappa shape index (κ1) is 19.9. The number of hydrogen-bond acceptors (Lipinski definition) is 2. The summed E-state index contributed by atoms with van der Waals surface area (Å²) < 4.78 is 79.3. The van der Waals surface area contributed by atoms with Gasteiger partial charge >= 0.3 is 18.0 Å². The highest BCUT2D eigenvalue weighted by atomic mass is 19.4. The first-order valence-corrected chi connectivity index (χ1v) is 8.23. The van der Waals surface area contributed by atoms with Gasteiger partial charge in [-0.05, 0) is 24.3 Å². The first-order valence-electron chi connectivity index (χ1n) is 8.23. The number of alkyl halides is 6. The SMILES string of the molecule is C[C@H](Cc1nc(=O)n(-c2ccccc2)c2cc(C(F)(F)F)ccc12)C(F)(F)F. The highest BCUT2D eigenvalue weighted by Gasteiger charge is 2.37. The summed E-state index contributed by atoms with van der Waals surface area (Å²) in [6, 6.07) is 10.4. The van der Waals surface area contributed by atoms with Crippen LogP contribution in [0.25, 0.3) is 16.6 Å². The van der Waals surface area contributed by atoms with E-state index in [9.17, 15) is 31.1 Å². The molecule has 0 bridgehead atoms. The van der Waals surface area contributed by atoms with Gasteiger partial charge in [0.1, 0.15) is 0 Å². The summed E-state index contributed by atoms with van der Waals surface area (Å²) in [6.45, 7) is 0.931. The van der Waals surface area contributed by atoms with Crippen molar-refractivity contribution in [1.29, 1.82) is 0 Å². The molecule has 0 spiro atoms. The molecule has 0 saturated carbocycles. The van der Waals surface area contributed by atoms with Gasteiger partial charge in [-0.2, -0.15) is 31.3 Å². The lowest BCUT2D eigenvalue weighted by molar-refractivity contribution is -0.169. The number of aromatic nitrogens is 2. The molecule has 0 aliphatic rings. The summed E-state index contributed by atoms with van der Waals surface area (Å²) in [5, 5.41) is 0.0625. The van der Waals surface area contributed by atoms with Crippen molar-refractivity contribution in [2.24, 2.45) is 5.92 Å². The van der Waals surface area contributed by atoms with Crippen molar-refractivity contribution in [1.82, 2.24) is 9.55 Å². The quantitative estimate of drug-likeness (QED) is 0.571. The van der Waals surface area contributed by atoms with Gasteiger partial charge in [0.2, 0.25) is 0 Å². The van der Waals surface area contributed by atoms with Crippen LogP contribution in [-0.2, 0) is 12.6 Å². The minimum Gasteiger partial charge on any atom is -0.260 e. The lowest BCUT2D eigenvalue weighted by Gasteiger charge is -2.18. The second-order valence-corrected chi connectivity index (χ2v) is 6.39. The van der Waals surface area contributed by atoms with Gasteiger partial charge < -0.3 is 0 Å². The minimum atomic E-state index is -4.67.